The van der Waals surface area contributed by atoms with Gasteiger partial charge < -0.3 is 9.80 Å². The molecule has 1 aliphatic heterocycles. The van der Waals surface area contributed by atoms with Gasteiger partial charge in [0.15, 0.2) is 0 Å². The van der Waals surface area contributed by atoms with Crippen molar-refractivity contribution in [3.05, 3.63) is 71.9 Å². The van der Waals surface area contributed by atoms with Crippen molar-refractivity contribution in [2.75, 3.05) is 26.2 Å². The minimum absolute atomic E-state index is 0.0297. The first-order valence-electron chi connectivity index (χ1n) is 11.4. The summed E-state index contributed by atoms with van der Waals surface area (Å²) in [5.74, 6) is 0.438. The lowest BCUT2D eigenvalue weighted by atomic mass is 9.84. The predicted octanol–water partition coefficient (Wildman–Crippen LogP) is 3.93. The van der Waals surface area contributed by atoms with Gasteiger partial charge in [0.1, 0.15) is 5.69 Å². The van der Waals surface area contributed by atoms with Gasteiger partial charge in [-0.25, -0.2) is 4.68 Å². The molecule has 0 unspecified atom stereocenters. The van der Waals surface area contributed by atoms with E-state index in [1.165, 1.54) is 5.56 Å². The lowest BCUT2D eigenvalue weighted by molar-refractivity contribution is -0.139. The molecule has 0 bridgehead atoms. The number of aromatic nitrogens is 2. The Bertz CT molecular complexity index is 1110. The van der Waals surface area contributed by atoms with E-state index in [0.29, 0.717) is 37.4 Å². The van der Waals surface area contributed by atoms with Crippen molar-refractivity contribution in [2.45, 2.75) is 26.2 Å². The summed E-state index contributed by atoms with van der Waals surface area (Å²) >= 11 is 0. The van der Waals surface area contributed by atoms with Gasteiger partial charge in [-0.1, -0.05) is 54.4 Å². The third-order valence-corrected chi connectivity index (χ3v) is 6.62. The third-order valence-electron chi connectivity index (χ3n) is 6.62. The molecule has 32 heavy (non-hydrogen) atoms. The molecular formula is C26H28N4O2. The molecule has 1 saturated heterocycles. The quantitative estimate of drug-likeness (QED) is 0.633. The summed E-state index contributed by atoms with van der Waals surface area (Å²) < 4.78 is 1.78. The van der Waals surface area contributed by atoms with Crippen LogP contribution >= 0.6 is 0 Å². The second-order valence-electron chi connectivity index (χ2n) is 8.78. The van der Waals surface area contributed by atoms with Crippen LogP contribution in [-0.2, 0) is 4.79 Å². The van der Waals surface area contributed by atoms with E-state index in [0.717, 1.165) is 30.5 Å². The normalized spacial score (nSPS) is 16.7. The Kier molecular flexibility index (Phi) is 5.52. The van der Waals surface area contributed by atoms with Crippen LogP contribution in [0.15, 0.2) is 60.8 Å². The molecule has 2 fully saturated rings. The third kappa shape index (κ3) is 3.93. The van der Waals surface area contributed by atoms with Crippen LogP contribution in [0.5, 0.6) is 0 Å². The largest absolute Gasteiger partial charge is 0.339 e. The smallest absolute Gasteiger partial charge is 0.257 e. The van der Waals surface area contributed by atoms with Crippen molar-refractivity contribution in [3.63, 3.8) is 0 Å². The molecule has 0 N–H and O–H groups in total. The Morgan fingerprint density at radius 2 is 1.53 bits per heavy atom. The summed E-state index contributed by atoms with van der Waals surface area (Å²) in [4.78, 5) is 29.9. The van der Waals surface area contributed by atoms with Crippen LogP contribution in [0.3, 0.4) is 0 Å². The van der Waals surface area contributed by atoms with Crippen LogP contribution in [0.25, 0.3) is 16.9 Å². The van der Waals surface area contributed by atoms with Crippen LogP contribution in [0.2, 0.25) is 0 Å². The van der Waals surface area contributed by atoms with Crippen molar-refractivity contribution in [1.82, 2.24) is 19.6 Å². The monoisotopic (exact) mass is 428 g/mol. The summed E-state index contributed by atoms with van der Waals surface area (Å²) in [7, 11) is 0. The molecule has 164 valence electrons. The number of carbonyl (C=O) groups excluding carboxylic acids is 2. The number of hydrogen-bond donors (Lipinski definition) is 0. The maximum absolute atomic E-state index is 13.5. The predicted molar refractivity (Wildman–Crippen MR) is 124 cm³/mol. The molecule has 0 spiro atoms. The van der Waals surface area contributed by atoms with Crippen LogP contribution in [0.4, 0.5) is 0 Å². The Morgan fingerprint density at radius 1 is 0.875 bits per heavy atom. The Balaban J connectivity index is 1.40. The van der Waals surface area contributed by atoms with E-state index < -0.39 is 0 Å². The highest BCUT2D eigenvalue weighted by Crippen LogP contribution is 2.29. The molecule has 2 heterocycles. The van der Waals surface area contributed by atoms with Crippen LogP contribution < -0.4 is 0 Å². The van der Waals surface area contributed by atoms with E-state index in [-0.39, 0.29) is 17.7 Å². The molecule has 2 amide bonds. The van der Waals surface area contributed by atoms with Gasteiger partial charge in [0.05, 0.1) is 11.3 Å². The number of benzene rings is 2. The molecule has 1 aliphatic carbocycles. The fraction of sp³-hybridized carbons (Fsp3) is 0.346. The van der Waals surface area contributed by atoms with Gasteiger partial charge in [-0.15, -0.1) is 0 Å². The zero-order valence-electron chi connectivity index (χ0n) is 18.4. The summed E-state index contributed by atoms with van der Waals surface area (Å²) in [6.45, 7) is 4.37. The molecule has 1 aromatic heterocycles. The van der Waals surface area contributed by atoms with Crippen molar-refractivity contribution >= 4 is 11.8 Å². The Hall–Kier alpha value is -3.41. The fourth-order valence-electron chi connectivity index (χ4n) is 4.38. The van der Waals surface area contributed by atoms with E-state index in [2.05, 4.69) is 0 Å². The van der Waals surface area contributed by atoms with Crippen molar-refractivity contribution in [3.8, 4) is 16.9 Å². The molecule has 2 aromatic carbocycles. The molecule has 5 rings (SSSR count). The second kappa shape index (κ2) is 8.61. The maximum Gasteiger partial charge on any atom is 0.257 e. The highest BCUT2D eigenvalue weighted by atomic mass is 16.2. The number of hydrogen-bond acceptors (Lipinski definition) is 3. The first kappa shape index (κ1) is 20.5. The summed E-state index contributed by atoms with van der Waals surface area (Å²) in [5, 5.41) is 4.79. The van der Waals surface area contributed by atoms with Gasteiger partial charge in [0.25, 0.3) is 5.91 Å². The van der Waals surface area contributed by atoms with Gasteiger partial charge in [0.2, 0.25) is 5.91 Å². The molecule has 1 saturated carbocycles. The zero-order valence-corrected chi connectivity index (χ0v) is 18.4. The fourth-order valence-corrected chi connectivity index (χ4v) is 4.38. The first-order chi connectivity index (χ1) is 15.6. The van der Waals surface area contributed by atoms with E-state index in [9.17, 15) is 9.59 Å². The topological polar surface area (TPSA) is 58.4 Å². The summed E-state index contributed by atoms with van der Waals surface area (Å²) in [5.41, 5.74) is 4.29. The van der Waals surface area contributed by atoms with E-state index >= 15 is 0 Å². The number of piperazine rings is 1. The minimum Gasteiger partial charge on any atom is -0.339 e. The van der Waals surface area contributed by atoms with Crippen LogP contribution in [0, 0.1) is 12.8 Å². The van der Waals surface area contributed by atoms with Gasteiger partial charge in [-0.3, -0.25) is 9.59 Å². The lowest BCUT2D eigenvalue weighted by Crippen LogP contribution is -2.52. The number of rotatable bonds is 4. The van der Waals surface area contributed by atoms with E-state index in [1.807, 2.05) is 77.5 Å². The van der Waals surface area contributed by atoms with Gasteiger partial charge in [-0.2, -0.15) is 5.10 Å². The molecule has 6 heteroatoms. The van der Waals surface area contributed by atoms with Crippen molar-refractivity contribution < 1.29 is 9.59 Å². The molecule has 0 radical (unpaired) electrons. The van der Waals surface area contributed by atoms with Gasteiger partial charge >= 0.3 is 0 Å². The van der Waals surface area contributed by atoms with E-state index in [1.54, 1.807) is 4.68 Å². The first-order valence-corrected chi connectivity index (χ1v) is 11.4. The summed E-state index contributed by atoms with van der Waals surface area (Å²) in [6, 6.07) is 17.9. The number of nitrogens with zero attached hydrogens (tertiary/aromatic N) is 4. The molecule has 3 aromatic rings. The average molecular weight is 429 g/mol. The molecule has 2 aliphatic rings. The molecule has 6 nitrogen and oxygen atoms in total. The number of carbonyl (C=O) groups is 2. The Morgan fingerprint density at radius 3 is 2.16 bits per heavy atom. The van der Waals surface area contributed by atoms with Crippen molar-refractivity contribution in [2.24, 2.45) is 5.92 Å². The van der Waals surface area contributed by atoms with Crippen LogP contribution in [0.1, 0.15) is 35.2 Å². The minimum atomic E-state index is -0.0297. The zero-order chi connectivity index (χ0) is 22.1. The number of amides is 2. The van der Waals surface area contributed by atoms with Crippen molar-refractivity contribution in [1.29, 1.82) is 0 Å². The van der Waals surface area contributed by atoms with Gasteiger partial charge in [0, 0.05) is 43.9 Å². The van der Waals surface area contributed by atoms with E-state index in [4.69, 9.17) is 5.10 Å². The molecular weight excluding hydrogens is 400 g/mol. The molecule has 0 atom stereocenters. The maximum atomic E-state index is 13.5. The van der Waals surface area contributed by atoms with Crippen LogP contribution in [-0.4, -0.2) is 57.6 Å². The number of aryl methyl sites for hydroxylation is 1. The highest BCUT2D eigenvalue weighted by molar-refractivity contribution is 6.00. The Labute approximate surface area is 188 Å². The highest BCUT2D eigenvalue weighted by Gasteiger charge is 2.33. The summed E-state index contributed by atoms with van der Waals surface area (Å²) in [6.07, 6.45) is 5.01. The second-order valence-corrected chi connectivity index (χ2v) is 8.78. The average Bonchev–Trinajstić information content (AvgIpc) is 3.24. The van der Waals surface area contributed by atoms with Gasteiger partial charge in [-0.05, 0) is 31.9 Å². The standard InChI is InChI=1S/C26H28N4O2/c1-19-10-12-22(13-11-19)30-18-23(24(27-30)20-6-3-2-4-7-20)26(32)29-16-14-28(15-17-29)25(31)21-8-5-9-21/h2-4,6-7,10-13,18,21H,5,8-9,14-17H2,1H3. The lowest BCUT2D eigenvalue weighted by Gasteiger charge is -2.38. The SMILES string of the molecule is Cc1ccc(-n2cc(C(=O)N3CCN(C(=O)C4CCC4)CC3)c(-c3ccccc3)n2)cc1.